The van der Waals surface area contributed by atoms with Crippen molar-refractivity contribution in [3.05, 3.63) is 17.7 Å². The zero-order valence-corrected chi connectivity index (χ0v) is 11.5. The molecule has 3 nitrogen and oxygen atoms in total. The lowest BCUT2D eigenvalue weighted by molar-refractivity contribution is -0.00407. The number of hydrogen-bond donors (Lipinski definition) is 1. The Bertz CT molecular complexity index is 453. The van der Waals surface area contributed by atoms with Crippen LogP contribution in [0.4, 0.5) is 0 Å². The maximum absolute atomic E-state index is 5.00. The molecule has 19 heavy (non-hydrogen) atoms. The van der Waals surface area contributed by atoms with Gasteiger partial charge in [-0.2, -0.15) is 0 Å². The standard InChI is InChI=1S/C16H23N3/c1-2-19-9-14(18-15(19)8-17-1)16-12-4-10-3-11(6-12)7-13(16)5-10/h9-13,16-17H,1-8H2. The van der Waals surface area contributed by atoms with Crippen molar-refractivity contribution in [2.24, 2.45) is 23.7 Å². The molecule has 5 aliphatic rings. The monoisotopic (exact) mass is 257 g/mol. The van der Waals surface area contributed by atoms with Crippen LogP contribution in [0.15, 0.2) is 6.20 Å². The molecule has 0 atom stereocenters. The van der Waals surface area contributed by atoms with Crippen molar-refractivity contribution in [3.8, 4) is 0 Å². The molecule has 0 spiro atoms. The van der Waals surface area contributed by atoms with Gasteiger partial charge in [0.05, 0.1) is 12.2 Å². The lowest BCUT2D eigenvalue weighted by atomic mass is 9.51. The second-order valence-corrected chi connectivity index (χ2v) is 7.41. The summed E-state index contributed by atoms with van der Waals surface area (Å²) in [6.07, 6.45) is 9.93. The molecule has 0 amide bonds. The molecule has 0 aromatic carbocycles. The normalized spacial score (nSPS) is 43.5. The third-order valence-electron chi connectivity index (χ3n) is 6.26. The van der Waals surface area contributed by atoms with E-state index in [1.807, 2.05) is 0 Å². The molecule has 4 fully saturated rings. The minimum atomic E-state index is 0.797. The molecule has 0 unspecified atom stereocenters. The number of hydrogen-bond acceptors (Lipinski definition) is 2. The van der Waals surface area contributed by atoms with Crippen LogP contribution in [0, 0.1) is 23.7 Å². The van der Waals surface area contributed by atoms with Crippen molar-refractivity contribution in [2.45, 2.75) is 51.1 Å². The van der Waals surface area contributed by atoms with Gasteiger partial charge in [-0.25, -0.2) is 4.98 Å². The summed E-state index contributed by atoms with van der Waals surface area (Å²) < 4.78 is 2.40. The van der Waals surface area contributed by atoms with Crippen LogP contribution in [0.5, 0.6) is 0 Å². The van der Waals surface area contributed by atoms with Gasteiger partial charge in [-0.3, -0.25) is 0 Å². The average molecular weight is 257 g/mol. The van der Waals surface area contributed by atoms with E-state index in [0.717, 1.165) is 49.2 Å². The third kappa shape index (κ3) is 1.57. The molecule has 1 aromatic rings. The number of imidazole rings is 1. The largest absolute Gasteiger partial charge is 0.332 e. The first-order chi connectivity index (χ1) is 9.37. The van der Waals surface area contributed by atoms with Crippen LogP contribution < -0.4 is 5.32 Å². The highest BCUT2D eigenvalue weighted by molar-refractivity contribution is 5.18. The maximum Gasteiger partial charge on any atom is 0.123 e. The van der Waals surface area contributed by atoms with Crippen LogP contribution in [0.2, 0.25) is 0 Å². The second kappa shape index (κ2) is 3.85. The predicted molar refractivity (Wildman–Crippen MR) is 73.7 cm³/mol. The van der Waals surface area contributed by atoms with Crippen molar-refractivity contribution >= 4 is 0 Å². The smallest absolute Gasteiger partial charge is 0.123 e. The van der Waals surface area contributed by atoms with Gasteiger partial charge in [-0.1, -0.05) is 0 Å². The van der Waals surface area contributed by atoms with Crippen molar-refractivity contribution in [1.82, 2.24) is 14.9 Å². The lowest BCUT2D eigenvalue weighted by Crippen LogP contribution is -2.43. The predicted octanol–water partition coefficient (Wildman–Crippen LogP) is 2.53. The molecule has 4 bridgehead atoms. The lowest BCUT2D eigenvalue weighted by Gasteiger charge is -2.54. The van der Waals surface area contributed by atoms with Crippen molar-refractivity contribution < 1.29 is 0 Å². The highest BCUT2D eigenvalue weighted by Crippen LogP contribution is 2.59. The van der Waals surface area contributed by atoms with Crippen LogP contribution in [-0.4, -0.2) is 16.1 Å². The van der Waals surface area contributed by atoms with Gasteiger partial charge in [0.15, 0.2) is 0 Å². The Hall–Kier alpha value is -0.830. The summed E-state index contributed by atoms with van der Waals surface area (Å²) in [6.45, 7) is 3.17. The van der Waals surface area contributed by atoms with Crippen LogP contribution in [0.3, 0.4) is 0 Å². The van der Waals surface area contributed by atoms with Gasteiger partial charge >= 0.3 is 0 Å². The molecular weight excluding hydrogens is 234 g/mol. The second-order valence-electron chi connectivity index (χ2n) is 7.41. The number of nitrogens with one attached hydrogen (secondary N) is 1. The molecule has 1 N–H and O–H groups in total. The third-order valence-corrected chi connectivity index (χ3v) is 6.26. The van der Waals surface area contributed by atoms with Gasteiger partial charge in [0.2, 0.25) is 0 Å². The van der Waals surface area contributed by atoms with Gasteiger partial charge in [0, 0.05) is 25.2 Å². The molecule has 6 rings (SSSR count). The van der Waals surface area contributed by atoms with E-state index >= 15 is 0 Å². The van der Waals surface area contributed by atoms with Gasteiger partial charge in [0.1, 0.15) is 5.82 Å². The summed E-state index contributed by atoms with van der Waals surface area (Å²) in [5.74, 6) is 6.12. The minimum absolute atomic E-state index is 0.797. The Labute approximate surface area is 114 Å². The zero-order chi connectivity index (χ0) is 12.4. The van der Waals surface area contributed by atoms with E-state index < -0.39 is 0 Å². The summed E-state index contributed by atoms with van der Waals surface area (Å²) >= 11 is 0. The average Bonchev–Trinajstić information content (AvgIpc) is 2.80. The summed E-state index contributed by atoms with van der Waals surface area (Å²) in [6, 6.07) is 0. The first-order valence-electron chi connectivity index (χ1n) is 8.13. The fourth-order valence-corrected chi connectivity index (χ4v) is 5.78. The maximum atomic E-state index is 5.00. The summed E-state index contributed by atoms with van der Waals surface area (Å²) in [4.78, 5) is 5.00. The van der Waals surface area contributed by atoms with Gasteiger partial charge in [-0.05, 0) is 55.8 Å². The Morgan fingerprint density at radius 2 is 1.79 bits per heavy atom. The van der Waals surface area contributed by atoms with Crippen LogP contribution in [0.25, 0.3) is 0 Å². The summed E-state index contributed by atoms with van der Waals surface area (Å²) in [5.41, 5.74) is 1.44. The van der Waals surface area contributed by atoms with Crippen molar-refractivity contribution in [3.63, 3.8) is 0 Å². The SMILES string of the molecule is c1c(C2C3CC4CC(C3)CC2C4)nc2n1CCNC2. The van der Waals surface area contributed by atoms with E-state index in [-0.39, 0.29) is 0 Å². The van der Waals surface area contributed by atoms with E-state index in [2.05, 4.69) is 16.1 Å². The van der Waals surface area contributed by atoms with Gasteiger partial charge in [0.25, 0.3) is 0 Å². The number of fused-ring (bicyclic) bond motifs is 1. The summed E-state index contributed by atoms with van der Waals surface area (Å²) in [7, 11) is 0. The molecule has 4 saturated carbocycles. The molecule has 102 valence electrons. The first kappa shape index (κ1) is 10.9. The van der Waals surface area contributed by atoms with Gasteiger partial charge in [-0.15, -0.1) is 0 Å². The fraction of sp³-hybridized carbons (Fsp3) is 0.812. The molecular formula is C16H23N3. The minimum Gasteiger partial charge on any atom is -0.332 e. The molecule has 2 heterocycles. The molecule has 1 aliphatic heterocycles. The number of aromatic nitrogens is 2. The van der Waals surface area contributed by atoms with E-state index in [9.17, 15) is 0 Å². The summed E-state index contributed by atoms with van der Waals surface area (Å²) in [5, 5.41) is 3.44. The molecule has 3 heteroatoms. The number of rotatable bonds is 1. The first-order valence-corrected chi connectivity index (χ1v) is 8.13. The Kier molecular flexibility index (Phi) is 2.21. The topological polar surface area (TPSA) is 29.9 Å². The van der Waals surface area contributed by atoms with E-state index in [0.29, 0.717) is 0 Å². The van der Waals surface area contributed by atoms with Crippen LogP contribution >= 0.6 is 0 Å². The molecule has 0 saturated heterocycles. The van der Waals surface area contributed by atoms with Crippen LogP contribution in [-0.2, 0) is 13.1 Å². The fourth-order valence-electron chi connectivity index (χ4n) is 5.78. The van der Waals surface area contributed by atoms with E-state index in [1.165, 1.54) is 37.2 Å². The number of nitrogens with zero attached hydrogens (tertiary/aromatic N) is 2. The molecule has 1 aromatic heterocycles. The van der Waals surface area contributed by atoms with Crippen molar-refractivity contribution in [2.75, 3.05) is 6.54 Å². The molecule has 0 radical (unpaired) electrons. The highest BCUT2D eigenvalue weighted by atomic mass is 15.1. The molecule has 4 aliphatic carbocycles. The van der Waals surface area contributed by atoms with E-state index in [1.54, 1.807) is 6.42 Å². The Balaban J connectivity index is 1.50. The Morgan fingerprint density at radius 1 is 1.05 bits per heavy atom. The highest BCUT2D eigenvalue weighted by Gasteiger charge is 2.49. The van der Waals surface area contributed by atoms with Crippen LogP contribution in [0.1, 0.15) is 49.5 Å². The van der Waals surface area contributed by atoms with Gasteiger partial charge < -0.3 is 9.88 Å². The van der Waals surface area contributed by atoms with E-state index in [4.69, 9.17) is 4.98 Å². The Morgan fingerprint density at radius 3 is 2.47 bits per heavy atom. The zero-order valence-electron chi connectivity index (χ0n) is 11.5. The quantitative estimate of drug-likeness (QED) is 0.838. The van der Waals surface area contributed by atoms with Crippen molar-refractivity contribution in [1.29, 1.82) is 0 Å².